The van der Waals surface area contributed by atoms with Crippen LogP contribution in [0.3, 0.4) is 0 Å². The molecule has 0 aliphatic rings. The lowest BCUT2D eigenvalue weighted by molar-refractivity contribution is -0.117. The molecular weight excluding hydrogens is 290 g/mol. The monoisotopic (exact) mass is 303 g/mol. The van der Waals surface area contributed by atoms with Crippen LogP contribution in [0.25, 0.3) is 5.69 Å². The standard InChI is InChI=1S/C14H14ClN5O/c1-3-7-19(13(21)9-16-2)12-10-20(18-14(12)15)11-5-4-6-17-8-11/h1,4-6,8,10,16H,7,9H2,2H3. The van der Waals surface area contributed by atoms with Crippen molar-refractivity contribution in [1.29, 1.82) is 0 Å². The average molecular weight is 304 g/mol. The fourth-order valence-electron chi connectivity index (χ4n) is 1.79. The first-order valence-corrected chi connectivity index (χ1v) is 6.59. The zero-order chi connectivity index (χ0) is 15.2. The third kappa shape index (κ3) is 3.40. The number of pyridine rings is 1. The van der Waals surface area contributed by atoms with E-state index in [0.717, 1.165) is 5.69 Å². The summed E-state index contributed by atoms with van der Waals surface area (Å²) >= 11 is 6.13. The van der Waals surface area contributed by atoms with E-state index in [-0.39, 0.29) is 24.1 Å². The SMILES string of the molecule is C#CCN(C(=O)CNC)c1cn(-c2cccnc2)nc1Cl. The normalized spacial score (nSPS) is 10.1. The van der Waals surface area contributed by atoms with Crippen molar-refractivity contribution >= 4 is 23.2 Å². The predicted molar refractivity (Wildman–Crippen MR) is 81.5 cm³/mol. The highest BCUT2D eigenvalue weighted by Gasteiger charge is 2.20. The van der Waals surface area contributed by atoms with Crippen molar-refractivity contribution in [3.05, 3.63) is 35.9 Å². The Labute approximate surface area is 127 Å². The molecule has 0 atom stereocenters. The van der Waals surface area contributed by atoms with Gasteiger partial charge in [0.25, 0.3) is 0 Å². The molecule has 6 nitrogen and oxygen atoms in total. The van der Waals surface area contributed by atoms with Crippen LogP contribution in [0.5, 0.6) is 0 Å². The minimum atomic E-state index is -0.178. The smallest absolute Gasteiger partial charge is 0.241 e. The molecule has 2 heterocycles. The molecule has 0 fully saturated rings. The molecule has 21 heavy (non-hydrogen) atoms. The van der Waals surface area contributed by atoms with Gasteiger partial charge in [0.1, 0.15) is 5.69 Å². The summed E-state index contributed by atoms with van der Waals surface area (Å²) in [6, 6.07) is 3.62. The zero-order valence-electron chi connectivity index (χ0n) is 11.5. The van der Waals surface area contributed by atoms with E-state index >= 15 is 0 Å². The summed E-state index contributed by atoms with van der Waals surface area (Å²) in [5, 5.41) is 7.19. The summed E-state index contributed by atoms with van der Waals surface area (Å²) in [4.78, 5) is 17.5. The molecule has 0 saturated heterocycles. The Balaban J connectivity index is 2.36. The quantitative estimate of drug-likeness (QED) is 0.841. The number of aromatic nitrogens is 3. The number of rotatable bonds is 5. The van der Waals surface area contributed by atoms with Crippen LogP contribution in [0, 0.1) is 12.3 Å². The van der Waals surface area contributed by atoms with Gasteiger partial charge >= 0.3 is 0 Å². The van der Waals surface area contributed by atoms with Crippen LogP contribution in [0.2, 0.25) is 5.15 Å². The molecule has 0 unspecified atom stereocenters. The molecule has 0 aromatic carbocycles. The second-order valence-corrected chi connectivity index (χ2v) is 4.53. The van der Waals surface area contributed by atoms with Crippen LogP contribution in [-0.2, 0) is 4.79 Å². The fraction of sp³-hybridized carbons (Fsp3) is 0.214. The number of amides is 1. The van der Waals surface area contributed by atoms with Gasteiger partial charge in [0.2, 0.25) is 5.91 Å². The maximum absolute atomic E-state index is 12.1. The summed E-state index contributed by atoms with van der Waals surface area (Å²) in [6.07, 6.45) is 10.3. The molecule has 0 radical (unpaired) electrons. The number of terminal acetylenes is 1. The summed E-state index contributed by atoms with van der Waals surface area (Å²) in [7, 11) is 1.69. The number of nitrogens with one attached hydrogen (secondary N) is 1. The maximum Gasteiger partial charge on any atom is 0.241 e. The molecule has 108 valence electrons. The van der Waals surface area contributed by atoms with Crippen LogP contribution in [-0.4, -0.2) is 40.8 Å². The number of hydrogen-bond acceptors (Lipinski definition) is 4. The molecule has 2 aromatic heterocycles. The van der Waals surface area contributed by atoms with E-state index in [1.165, 1.54) is 4.90 Å². The second kappa shape index (κ2) is 6.88. The number of likely N-dealkylation sites (N-methyl/N-ethyl adjacent to an activating group) is 1. The molecule has 7 heteroatoms. The van der Waals surface area contributed by atoms with Gasteiger partial charge in [-0.2, -0.15) is 5.10 Å². The van der Waals surface area contributed by atoms with E-state index in [0.29, 0.717) is 5.69 Å². The van der Waals surface area contributed by atoms with Crippen molar-refractivity contribution in [2.24, 2.45) is 0 Å². The highest BCUT2D eigenvalue weighted by Crippen LogP contribution is 2.25. The topological polar surface area (TPSA) is 63.1 Å². The molecule has 2 aromatic rings. The van der Waals surface area contributed by atoms with Crippen LogP contribution < -0.4 is 10.2 Å². The number of halogens is 1. The number of hydrogen-bond donors (Lipinski definition) is 1. The van der Waals surface area contributed by atoms with Gasteiger partial charge in [-0.05, 0) is 19.2 Å². The minimum absolute atomic E-state index is 0.124. The Morgan fingerprint density at radius 3 is 3.05 bits per heavy atom. The molecular formula is C14H14ClN5O. The Hall–Kier alpha value is -2.36. The molecule has 0 spiro atoms. The summed E-state index contributed by atoms with van der Waals surface area (Å²) < 4.78 is 1.56. The van der Waals surface area contributed by atoms with E-state index < -0.39 is 0 Å². The Morgan fingerprint density at radius 2 is 2.43 bits per heavy atom. The molecule has 0 aliphatic carbocycles. The van der Waals surface area contributed by atoms with E-state index in [2.05, 4.69) is 21.3 Å². The molecule has 1 amide bonds. The number of anilines is 1. The summed E-state index contributed by atoms with van der Waals surface area (Å²) in [5.41, 5.74) is 1.21. The number of carbonyl (C=O) groups excluding carboxylic acids is 1. The lowest BCUT2D eigenvalue weighted by Crippen LogP contribution is -2.37. The highest BCUT2D eigenvalue weighted by atomic mass is 35.5. The largest absolute Gasteiger partial charge is 0.311 e. The molecule has 0 saturated carbocycles. The first-order chi connectivity index (χ1) is 10.2. The minimum Gasteiger partial charge on any atom is -0.311 e. The fourth-order valence-corrected chi connectivity index (χ4v) is 2.02. The van der Waals surface area contributed by atoms with Gasteiger partial charge in [0.05, 0.1) is 31.2 Å². The Kier molecular flexibility index (Phi) is 4.93. The van der Waals surface area contributed by atoms with E-state index in [1.54, 1.807) is 36.4 Å². The van der Waals surface area contributed by atoms with E-state index in [9.17, 15) is 4.79 Å². The lowest BCUT2D eigenvalue weighted by atomic mass is 10.4. The van der Waals surface area contributed by atoms with Crippen LogP contribution in [0.15, 0.2) is 30.7 Å². The van der Waals surface area contributed by atoms with Gasteiger partial charge in [0, 0.05) is 6.20 Å². The second-order valence-electron chi connectivity index (χ2n) is 4.18. The average Bonchev–Trinajstić information content (AvgIpc) is 2.87. The predicted octanol–water partition coefficient (Wildman–Crippen LogP) is 1.11. The first-order valence-electron chi connectivity index (χ1n) is 6.21. The van der Waals surface area contributed by atoms with Crippen molar-refractivity contribution in [3.63, 3.8) is 0 Å². The molecule has 0 aliphatic heterocycles. The summed E-state index contributed by atoms with van der Waals surface area (Å²) in [5.74, 6) is 2.27. The van der Waals surface area contributed by atoms with Gasteiger partial charge in [-0.1, -0.05) is 17.5 Å². The Morgan fingerprint density at radius 1 is 1.62 bits per heavy atom. The van der Waals surface area contributed by atoms with E-state index in [1.807, 2.05) is 6.07 Å². The molecule has 2 rings (SSSR count). The highest BCUT2D eigenvalue weighted by molar-refractivity contribution is 6.32. The first kappa shape index (κ1) is 15.0. The van der Waals surface area contributed by atoms with Crippen molar-refractivity contribution in [1.82, 2.24) is 20.1 Å². The third-order valence-corrected chi connectivity index (χ3v) is 3.00. The number of nitrogens with zero attached hydrogens (tertiary/aromatic N) is 4. The van der Waals surface area contributed by atoms with Crippen molar-refractivity contribution in [2.45, 2.75) is 0 Å². The van der Waals surface area contributed by atoms with Crippen LogP contribution >= 0.6 is 11.6 Å². The van der Waals surface area contributed by atoms with Crippen LogP contribution in [0.4, 0.5) is 5.69 Å². The zero-order valence-corrected chi connectivity index (χ0v) is 12.2. The van der Waals surface area contributed by atoms with Crippen molar-refractivity contribution in [3.8, 4) is 18.0 Å². The van der Waals surface area contributed by atoms with Gasteiger partial charge < -0.3 is 5.32 Å². The van der Waals surface area contributed by atoms with Crippen molar-refractivity contribution in [2.75, 3.05) is 25.0 Å². The van der Waals surface area contributed by atoms with Gasteiger partial charge in [0.15, 0.2) is 5.15 Å². The maximum atomic E-state index is 12.1. The third-order valence-electron chi connectivity index (χ3n) is 2.73. The van der Waals surface area contributed by atoms with Crippen molar-refractivity contribution < 1.29 is 4.79 Å². The number of carbonyl (C=O) groups is 1. The molecule has 0 bridgehead atoms. The Bertz CT molecular complexity index is 662. The van der Waals surface area contributed by atoms with Gasteiger partial charge in [-0.25, -0.2) is 4.68 Å². The van der Waals surface area contributed by atoms with Gasteiger partial charge in [-0.3, -0.25) is 14.7 Å². The molecule has 1 N–H and O–H groups in total. The lowest BCUT2D eigenvalue weighted by Gasteiger charge is -2.18. The van der Waals surface area contributed by atoms with E-state index in [4.69, 9.17) is 18.0 Å². The van der Waals surface area contributed by atoms with Gasteiger partial charge in [-0.15, -0.1) is 6.42 Å². The van der Waals surface area contributed by atoms with Crippen LogP contribution in [0.1, 0.15) is 0 Å². The summed E-state index contributed by atoms with van der Waals surface area (Å²) in [6.45, 7) is 0.287.